The molecule has 0 aliphatic heterocycles. The molecule has 0 radical (unpaired) electrons. The van der Waals surface area contributed by atoms with E-state index in [9.17, 15) is 13.2 Å². The van der Waals surface area contributed by atoms with Gasteiger partial charge in [0.1, 0.15) is 0 Å². The van der Waals surface area contributed by atoms with Crippen molar-refractivity contribution in [2.45, 2.75) is 4.90 Å². The quantitative estimate of drug-likeness (QED) is 0.652. The second-order valence-corrected chi connectivity index (χ2v) is 7.53. The van der Waals surface area contributed by atoms with Crippen LogP contribution in [-0.4, -0.2) is 19.3 Å². The maximum absolute atomic E-state index is 12.2. The van der Waals surface area contributed by atoms with Gasteiger partial charge in [-0.2, -0.15) is 0 Å². The molecule has 1 amide bonds. The van der Waals surface area contributed by atoms with E-state index in [-0.39, 0.29) is 4.90 Å². The van der Waals surface area contributed by atoms with Crippen molar-refractivity contribution in [1.82, 2.24) is 15.2 Å². The second-order valence-electron chi connectivity index (χ2n) is 4.93. The topological polar surface area (TPSA) is 88.2 Å². The van der Waals surface area contributed by atoms with Crippen molar-refractivity contribution in [2.24, 2.45) is 0 Å². The van der Waals surface area contributed by atoms with E-state index in [1.807, 2.05) is 6.07 Å². The molecule has 122 valence electrons. The summed E-state index contributed by atoms with van der Waals surface area (Å²) in [5, 5.41) is 0.792. The minimum Gasteiger partial charge on any atom is -0.273 e. The van der Waals surface area contributed by atoms with E-state index in [0.717, 1.165) is 10.9 Å². The van der Waals surface area contributed by atoms with Crippen LogP contribution in [0, 0.1) is 0 Å². The maximum atomic E-state index is 12.2. The zero-order chi connectivity index (χ0) is 17.2. The van der Waals surface area contributed by atoms with E-state index in [4.69, 9.17) is 0 Å². The Kier molecular flexibility index (Phi) is 4.61. The lowest BCUT2D eigenvalue weighted by Gasteiger charge is -2.09. The van der Waals surface area contributed by atoms with Crippen molar-refractivity contribution in [2.75, 3.05) is 0 Å². The van der Waals surface area contributed by atoms with Crippen LogP contribution in [0.4, 0.5) is 0 Å². The highest BCUT2D eigenvalue weighted by Gasteiger charge is 2.16. The Morgan fingerprint density at radius 1 is 1.04 bits per heavy atom. The lowest BCUT2D eigenvalue weighted by atomic mass is 10.1. The molecule has 0 atom stereocenters. The number of hydrogen-bond donors (Lipinski definition) is 2. The number of nitrogens with one attached hydrogen (secondary N) is 2. The molecule has 24 heavy (non-hydrogen) atoms. The Morgan fingerprint density at radius 2 is 1.88 bits per heavy atom. The van der Waals surface area contributed by atoms with Crippen molar-refractivity contribution in [1.29, 1.82) is 0 Å². The molecule has 8 heteroatoms. The number of halogens is 1. The van der Waals surface area contributed by atoms with Gasteiger partial charge in [0, 0.05) is 21.6 Å². The number of hydrazine groups is 1. The first kappa shape index (κ1) is 16.6. The average molecular weight is 406 g/mol. The molecule has 0 saturated carbocycles. The van der Waals surface area contributed by atoms with Crippen LogP contribution in [0.5, 0.6) is 0 Å². The van der Waals surface area contributed by atoms with E-state index in [1.54, 1.807) is 42.6 Å². The molecule has 1 heterocycles. The van der Waals surface area contributed by atoms with Gasteiger partial charge >= 0.3 is 0 Å². The van der Waals surface area contributed by atoms with Crippen LogP contribution in [0.2, 0.25) is 0 Å². The van der Waals surface area contributed by atoms with Crippen LogP contribution in [0.1, 0.15) is 10.4 Å². The van der Waals surface area contributed by atoms with E-state index in [1.165, 1.54) is 12.1 Å². The Morgan fingerprint density at radius 3 is 2.67 bits per heavy atom. The van der Waals surface area contributed by atoms with Crippen molar-refractivity contribution in [3.63, 3.8) is 0 Å². The Balaban J connectivity index is 1.76. The molecule has 0 aliphatic carbocycles. The molecule has 2 N–H and O–H groups in total. The van der Waals surface area contributed by atoms with Gasteiger partial charge in [-0.1, -0.05) is 28.1 Å². The third-order valence-corrected chi connectivity index (χ3v) is 5.01. The molecule has 1 aromatic heterocycles. The van der Waals surface area contributed by atoms with Gasteiger partial charge in [-0.3, -0.25) is 15.2 Å². The highest BCUT2D eigenvalue weighted by atomic mass is 79.9. The minimum absolute atomic E-state index is 0.0416. The van der Waals surface area contributed by atoms with Gasteiger partial charge in [0.2, 0.25) is 0 Å². The number of rotatable bonds is 4. The number of carbonyl (C=O) groups is 1. The molecular weight excluding hydrogens is 394 g/mol. The number of fused-ring (bicyclic) bond motifs is 1. The molecule has 2 aromatic carbocycles. The van der Waals surface area contributed by atoms with Crippen molar-refractivity contribution in [3.05, 3.63) is 70.8 Å². The summed E-state index contributed by atoms with van der Waals surface area (Å²) < 4.78 is 25.0. The lowest BCUT2D eigenvalue weighted by Crippen LogP contribution is -2.41. The van der Waals surface area contributed by atoms with E-state index in [2.05, 4.69) is 31.2 Å². The fraction of sp³-hybridized carbons (Fsp3) is 0. The number of aromatic nitrogens is 1. The number of hydrogen-bond acceptors (Lipinski definition) is 4. The fourth-order valence-corrected chi connectivity index (χ4v) is 3.53. The van der Waals surface area contributed by atoms with Gasteiger partial charge in [-0.05, 0) is 42.5 Å². The van der Waals surface area contributed by atoms with Gasteiger partial charge in [-0.25, -0.2) is 8.42 Å². The summed E-state index contributed by atoms with van der Waals surface area (Å²) >= 11 is 3.21. The smallest absolute Gasteiger partial charge is 0.266 e. The molecule has 0 spiro atoms. The number of carbonyl (C=O) groups excluding carboxylic acids is 1. The first-order valence-electron chi connectivity index (χ1n) is 6.88. The van der Waals surface area contributed by atoms with Crippen LogP contribution in [-0.2, 0) is 10.0 Å². The zero-order valence-corrected chi connectivity index (χ0v) is 14.6. The summed E-state index contributed by atoms with van der Waals surface area (Å²) in [7, 11) is -3.85. The molecule has 3 rings (SSSR count). The van der Waals surface area contributed by atoms with E-state index in [0.29, 0.717) is 10.0 Å². The molecule has 0 fully saturated rings. The Bertz CT molecular complexity index is 1020. The summed E-state index contributed by atoms with van der Waals surface area (Å²) in [6.07, 6.45) is 1.66. The van der Waals surface area contributed by atoms with Crippen LogP contribution < -0.4 is 10.3 Å². The number of amides is 1. The summed E-state index contributed by atoms with van der Waals surface area (Å²) in [5.74, 6) is -0.556. The van der Waals surface area contributed by atoms with Crippen molar-refractivity contribution >= 4 is 42.8 Å². The molecule has 0 saturated heterocycles. The largest absolute Gasteiger partial charge is 0.273 e. The maximum Gasteiger partial charge on any atom is 0.266 e. The highest BCUT2D eigenvalue weighted by Crippen LogP contribution is 2.16. The summed E-state index contributed by atoms with van der Waals surface area (Å²) in [6.45, 7) is 0. The van der Waals surface area contributed by atoms with Gasteiger partial charge in [0.05, 0.1) is 10.4 Å². The van der Waals surface area contributed by atoms with Crippen LogP contribution >= 0.6 is 15.9 Å². The monoisotopic (exact) mass is 405 g/mol. The molecule has 0 aliphatic rings. The zero-order valence-electron chi connectivity index (χ0n) is 12.2. The van der Waals surface area contributed by atoms with Crippen molar-refractivity contribution < 1.29 is 13.2 Å². The average Bonchev–Trinajstić information content (AvgIpc) is 2.59. The molecule has 0 unspecified atom stereocenters. The molecular formula is C16H12BrN3O3S. The highest BCUT2D eigenvalue weighted by molar-refractivity contribution is 9.10. The van der Waals surface area contributed by atoms with Crippen molar-refractivity contribution in [3.8, 4) is 0 Å². The summed E-state index contributed by atoms with van der Waals surface area (Å²) in [6, 6.07) is 14.7. The van der Waals surface area contributed by atoms with E-state index < -0.39 is 15.9 Å². The fourth-order valence-electron chi connectivity index (χ4n) is 2.10. The Labute approximate surface area is 147 Å². The van der Waals surface area contributed by atoms with Gasteiger partial charge < -0.3 is 0 Å². The lowest BCUT2D eigenvalue weighted by molar-refractivity contribution is 0.0945. The summed E-state index contributed by atoms with van der Waals surface area (Å²) in [4.78, 5) is 18.5. The molecule has 0 bridgehead atoms. The molecule has 3 aromatic rings. The first-order valence-corrected chi connectivity index (χ1v) is 9.16. The number of nitrogens with zero attached hydrogens (tertiary/aromatic N) is 1. The SMILES string of the molecule is O=C(NNS(=O)(=O)c1cccc(Br)c1)c1ccc2ncccc2c1. The predicted molar refractivity (Wildman–Crippen MR) is 93.7 cm³/mol. The van der Waals surface area contributed by atoms with Crippen LogP contribution in [0.15, 0.2) is 70.2 Å². The van der Waals surface area contributed by atoms with Crippen LogP contribution in [0.25, 0.3) is 10.9 Å². The van der Waals surface area contributed by atoms with Crippen LogP contribution in [0.3, 0.4) is 0 Å². The Hall–Kier alpha value is -2.29. The number of pyridine rings is 1. The standard InChI is InChI=1S/C16H12BrN3O3S/c17-13-4-1-5-14(10-13)24(22,23)20-19-16(21)12-6-7-15-11(9-12)3-2-8-18-15/h1-10,20H,(H,19,21). The van der Waals surface area contributed by atoms with Gasteiger partial charge in [0.25, 0.3) is 15.9 Å². The molecule has 6 nitrogen and oxygen atoms in total. The predicted octanol–water partition coefficient (Wildman–Crippen LogP) is 2.62. The van der Waals surface area contributed by atoms with E-state index >= 15 is 0 Å². The summed E-state index contributed by atoms with van der Waals surface area (Å²) in [5.41, 5.74) is 3.29. The second kappa shape index (κ2) is 6.68. The van der Waals surface area contributed by atoms with Gasteiger partial charge in [-0.15, -0.1) is 4.83 Å². The minimum atomic E-state index is -3.85. The third kappa shape index (κ3) is 3.61. The third-order valence-electron chi connectivity index (χ3n) is 3.27. The normalized spacial score (nSPS) is 11.4. The number of sulfonamides is 1. The number of benzene rings is 2. The first-order chi connectivity index (χ1) is 11.5. The van der Waals surface area contributed by atoms with Gasteiger partial charge in [0.15, 0.2) is 0 Å².